The Balaban J connectivity index is 2.07. The molecule has 0 aliphatic carbocycles. The molecule has 1 saturated heterocycles. The van der Waals surface area contributed by atoms with E-state index in [1.165, 1.54) is 29.2 Å². The predicted octanol–water partition coefficient (Wildman–Crippen LogP) is 0.535. The van der Waals surface area contributed by atoms with Crippen LogP contribution in [0.2, 0.25) is 0 Å². The van der Waals surface area contributed by atoms with Crippen molar-refractivity contribution in [1.82, 2.24) is 9.62 Å². The normalized spacial score (nSPS) is 21.8. The van der Waals surface area contributed by atoms with E-state index in [0.717, 1.165) is 5.75 Å². The first-order valence-corrected chi connectivity index (χ1v) is 9.49. The highest BCUT2D eigenvalue weighted by molar-refractivity contribution is 7.99. The molecule has 1 atom stereocenters. The first-order valence-electron chi connectivity index (χ1n) is 6.85. The van der Waals surface area contributed by atoms with E-state index in [4.69, 9.17) is 0 Å². The van der Waals surface area contributed by atoms with Gasteiger partial charge < -0.3 is 10.0 Å². The van der Waals surface area contributed by atoms with Gasteiger partial charge in [-0.15, -0.1) is 0 Å². The predicted molar refractivity (Wildman–Crippen MR) is 86.5 cm³/mol. The molecule has 1 heterocycles. The molecule has 22 heavy (non-hydrogen) atoms. The van der Waals surface area contributed by atoms with Crippen LogP contribution in [0.4, 0.5) is 0 Å². The number of benzene rings is 1. The second-order valence-electron chi connectivity index (χ2n) is 5.58. The monoisotopic (exact) mass is 344 g/mol. The van der Waals surface area contributed by atoms with Gasteiger partial charge in [-0.05, 0) is 36.4 Å². The third-order valence-corrected chi connectivity index (χ3v) is 6.14. The van der Waals surface area contributed by atoms with Crippen LogP contribution in [-0.2, 0) is 10.0 Å². The van der Waals surface area contributed by atoms with Gasteiger partial charge in [-0.3, -0.25) is 4.79 Å². The van der Waals surface area contributed by atoms with E-state index in [2.05, 4.69) is 4.72 Å². The lowest BCUT2D eigenvalue weighted by atomic mass is 10.1. The lowest BCUT2D eigenvalue weighted by molar-refractivity contribution is 0.0734. The fraction of sp³-hybridized carbons (Fsp3) is 0.500. The molecule has 1 aliphatic heterocycles. The van der Waals surface area contributed by atoms with Gasteiger partial charge in [-0.25, -0.2) is 13.1 Å². The van der Waals surface area contributed by atoms with Gasteiger partial charge >= 0.3 is 0 Å². The molecule has 2 rings (SSSR count). The van der Waals surface area contributed by atoms with Crippen molar-refractivity contribution < 1.29 is 18.3 Å². The molecule has 1 aromatic rings. The highest BCUT2D eigenvalue weighted by Crippen LogP contribution is 2.27. The standard InChI is InChI=1S/C14H20N2O4S2/c1-16(2)13(17)11-3-5-12(6-4-11)22(19,20)15-9-14(18)7-8-21-10-14/h3-6,15,18H,7-10H2,1-2H3/t14-/m1/s1. The summed E-state index contributed by atoms with van der Waals surface area (Å²) in [6.07, 6.45) is 0.580. The number of hydrogen-bond acceptors (Lipinski definition) is 5. The zero-order chi connectivity index (χ0) is 16.4. The van der Waals surface area contributed by atoms with Crippen molar-refractivity contribution in [3.63, 3.8) is 0 Å². The second-order valence-corrected chi connectivity index (χ2v) is 8.45. The van der Waals surface area contributed by atoms with E-state index >= 15 is 0 Å². The van der Waals surface area contributed by atoms with Crippen molar-refractivity contribution in [3.05, 3.63) is 29.8 Å². The molecule has 1 amide bonds. The molecule has 1 aliphatic rings. The summed E-state index contributed by atoms with van der Waals surface area (Å²) in [4.78, 5) is 13.3. The summed E-state index contributed by atoms with van der Waals surface area (Å²) in [5.74, 6) is 1.18. The third kappa shape index (κ3) is 4.01. The minimum atomic E-state index is -3.69. The fourth-order valence-corrected chi connectivity index (χ4v) is 4.50. The number of rotatable bonds is 5. The van der Waals surface area contributed by atoms with Crippen molar-refractivity contribution in [3.8, 4) is 0 Å². The van der Waals surface area contributed by atoms with Crippen molar-refractivity contribution in [2.24, 2.45) is 0 Å². The molecule has 0 bridgehead atoms. The largest absolute Gasteiger partial charge is 0.388 e. The van der Waals surface area contributed by atoms with Gasteiger partial charge in [-0.1, -0.05) is 0 Å². The van der Waals surface area contributed by atoms with E-state index in [1.54, 1.807) is 25.9 Å². The van der Waals surface area contributed by atoms with Gasteiger partial charge in [-0.2, -0.15) is 11.8 Å². The van der Waals surface area contributed by atoms with Gasteiger partial charge in [0, 0.05) is 32.0 Å². The maximum atomic E-state index is 12.2. The lowest BCUT2D eigenvalue weighted by Gasteiger charge is -2.21. The molecule has 6 nitrogen and oxygen atoms in total. The average Bonchev–Trinajstić information content (AvgIpc) is 2.92. The molecule has 0 unspecified atom stereocenters. The van der Waals surface area contributed by atoms with Crippen LogP contribution in [0.25, 0.3) is 0 Å². The molecule has 1 aromatic carbocycles. The van der Waals surface area contributed by atoms with Gasteiger partial charge in [0.1, 0.15) is 0 Å². The van der Waals surface area contributed by atoms with Gasteiger partial charge in [0.15, 0.2) is 0 Å². The lowest BCUT2D eigenvalue weighted by Crippen LogP contribution is -2.42. The Labute approximate surface area is 134 Å². The maximum Gasteiger partial charge on any atom is 0.253 e. The SMILES string of the molecule is CN(C)C(=O)c1ccc(S(=O)(=O)NC[C@]2(O)CCSC2)cc1. The Morgan fingerprint density at radius 2 is 2.00 bits per heavy atom. The van der Waals surface area contributed by atoms with Crippen molar-refractivity contribution in [2.75, 3.05) is 32.1 Å². The smallest absolute Gasteiger partial charge is 0.253 e. The number of nitrogens with one attached hydrogen (secondary N) is 1. The maximum absolute atomic E-state index is 12.2. The van der Waals surface area contributed by atoms with Gasteiger partial charge in [0.05, 0.1) is 10.5 Å². The zero-order valence-electron chi connectivity index (χ0n) is 12.6. The number of aliphatic hydroxyl groups is 1. The Bertz CT molecular complexity index is 635. The number of sulfonamides is 1. The summed E-state index contributed by atoms with van der Waals surface area (Å²) < 4.78 is 26.9. The molecular weight excluding hydrogens is 324 g/mol. The number of thioether (sulfide) groups is 1. The summed E-state index contributed by atoms with van der Waals surface area (Å²) in [6.45, 7) is 0.000707. The van der Waals surface area contributed by atoms with Crippen LogP contribution >= 0.6 is 11.8 Å². The second kappa shape index (κ2) is 6.57. The third-order valence-electron chi connectivity index (χ3n) is 3.49. The summed E-state index contributed by atoms with van der Waals surface area (Å²) in [5, 5.41) is 10.2. The quantitative estimate of drug-likeness (QED) is 0.814. The summed E-state index contributed by atoms with van der Waals surface area (Å²) in [5.41, 5.74) is -0.548. The van der Waals surface area contributed by atoms with Crippen LogP contribution in [0.15, 0.2) is 29.2 Å². The van der Waals surface area contributed by atoms with E-state index < -0.39 is 15.6 Å². The van der Waals surface area contributed by atoms with Crippen molar-refractivity contribution >= 4 is 27.7 Å². The number of nitrogens with zero attached hydrogens (tertiary/aromatic N) is 1. The molecule has 8 heteroatoms. The average molecular weight is 344 g/mol. The Hall–Kier alpha value is -1.09. The van der Waals surface area contributed by atoms with Crippen LogP contribution in [0.5, 0.6) is 0 Å². The molecule has 0 radical (unpaired) electrons. The first kappa shape index (κ1) is 17.3. The van der Waals surface area contributed by atoms with E-state index in [1.807, 2.05) is 0 Å². The van der Waals surface area contributed by atoms with Gasteiger partial charge in [0.25, 0.3) is 5.91 Å². The Morgan fingerprint density at radius 3 is 2.50 bits per heavy atom. The summed E-state index contributed by atoms with van der Waals surface area (Å²) >= 11 is 1.61. The molecule has 0 spiro atoms. The van der Waals surface area contributed by atoms with E-state index in [-0.39, 0.29) is 17.3 Å². The van der Waals surface area contributed by atoms with Crippen LogP contribution in [0.3, 0.4) is 0 Å². The summed E-state index contributed by atoms with van der Waals surface area (Å²) in [7, 11) is -0.425. The molecule has 122 valence electrons. The number of carbonyl (C=O) groups is 1. The van der Waals surface area contributed by atoms with Crippen molar-refractivity contribution in [1.29, 1.82) is 0 Å². The molecule has 0 aromatic heterocycles. The van der Waals surface area contributed by atoms with Crippen LogP contribution in [0.1, 0.15) is 16.8 Å². The highest BCUT2D eigenvalue weighted by atomic mass is 32.2. The Kier molecular flexibility index (Phi) is 5.16. The minimum absolute atomic E-state index is 0.000707. The fourth-order valence-electron chi connectivity index (χ4n) is 2.08. The molecule has 1 fully saturated rings. The first-order chi connectivity index (χ1) is 10.2. The number of amides is 1. The van der Waals surface area contributed by atoms with E-state index in [9.17, 15) is 18.3 Å². The molecule has 0 saturated carbocycles. The van der Waals surface area contributed by atoms with Gasteiger partial charge in [0.2, 0.25) is 10.0 Å². The van der Waals surface area contributed by atoms with Crippen LogP contribution in [-0.4, -0.2) is 62.1 Å². The van der Waals surface area contributed by atoms with Crippen LogP contribution in [0, 0.1) is 0 Å². The highest BCUT2D eigenvalue weighted by Gasteiger charge is 2.33. The number of carbonyl (C=O) groups excluding carboxylic acids is 1. The topological polar surface area (TPSA) is 86.7 Å². The molecular formula is C14H20N2O4S2. The number of hydrogen-bond donors (Lipinski definition) is 2. The minimum Gasteiger partial charge on any atom is -0.388 e. The van der Waals surface area contributed by atoms with E-state index in [0.29, 0.717) is 17.7 Å². The summed E-state index contributed by atoms with van der Waals surface area (Å²) in [6, 6.07) is 5.76. The van der Waals surface area contributed by atoms with Crippen LogP contribution < -0.4 is 4.72 Å². The van der Waals surface area contributed by atoms with Crippen molar-refractivity contribution in [2.45, 2.75) is 16.9 Å². The molecule has 2 N–H and O–H groups in total. The zero-order valence-corrected chi connectivity index (χ0v) is 14.2. The Morgan fingerprint density at radius 1 is 1.36 bits per heavy atom.